The zero-order valence-electron chi connectivity index (χ0n) is 10.5. The molecule has 0 heteroatoms. The average molecular weight is 206 g/mol. The molecule has 0 aliphatic rings. The largest absolute Gasteiger partial charge is 0.103 e. The van der Waals surface area contributed by atoms with Crippen molar-refractivity contribution in [2.45, 2.75) is 58.8 Å². The zero-order chi connectivity index (χ0) is 11.4. The molecule has 0 aliphatic carbocycles. The average Bonchev–Trinajstić information content (AvgIpc) is 2.27. The van der Waals surface area contributed by atoms with Gasteiger partial charge in [0, 0.05) is 0 Å². The number of rotatable bonds is 9. The Kier molecular flexibility index (Phi) is 10.7. The number of allylic oxidation sites excluding steroid dienone is 5. The van der Waals surface area contributed by atoms with Crippen molar-refractivity contribution in [2.75, 3.05) is 0 Å². The highest BCUT2D eigenvalue weighted by Gasteiger charge is 1.92. The van der Waals surface area contributed by atoms with Gasteiger partial charge in [0.2, 0.25) is 0 Å². The van der Waals surface area contributed by atoms with E-state index in [-0.39, 0.29) is 0 Å². The molecule has 0 amide bonds. The van der Waals surface area contributed by atoms with Crippen LogP contribution in [0.25, 0.3) is 0 Å². The van der Waals surface area contributed by atoms with Crippen LogP contribution in [-0.2, 0) is 0 Å². The van der Waals surface area contributed by atoms with Crippen molar-refractivity contribution >= 4 is 0 Å². The van der Waals surface area contributed by atoms with Gasteiger partial charge in [-0.1, -0.05) is 36.8 Å². The second kappa shape index (κ2) is 11.3. The molecule has 0 N–H and O–H groups in total. The molecule has 0 aliphatic heterocycles. The Hall–Kier alpha value is -0.780. The topological polar surface area (TPSA) is 0 Å². The summed E-state index contributed by atoms with van der Waals surface area (Å²) >= 11 is 0. The van der Waals surface area contributed by atoms with Gasteiger partial charge in [0.25, 0.3) is 0 Å². The molecule has 0 aromatic carbocycles. The van der Waals surface area contributed by atoms with Gasteiger partial charge < -0.3 is 0 Å². The molecule has 0 unspecified atom stereocenters. The Morgan fingerprint density at radius 2 is 1.80 bits per heavy atom. The van der Waals surface area contributed by atoms with Gasteiger partial charge >= 0.3 is 0 Å². The second-order valence-corrected chi connectivity index (χ2v) is 3.88. The first kappa shape index (κ1) is 14.2. The lowest BCUT2D eigenvalue weighted by atomic mass is 10.0. The Labute approximate surface area is 95.8 Å². The monoisotopic (exact) mass is 206 g/mol. The van der Waals surface area contributed by atoms with E-state index in [1.165, 1.54) is 32.1 Å². The summed E-state index contributed by atoms with van der Waals surface area (Å²) in [6, 6.07) is 0. The predicted octanol–water partition coefficient (Wildman–Crippen LogP) is 5.43. The molecule has 0 saturated heterocycles. The van der Waals surface area contributed by atoms with Crippen LogP contribution in [0.15, 0.2) is 36.5 Å². The minimum absolute atomic E-state index is 1.11. The predicted molar refractivity (Wildman–Crippen MR) is 71.1 cm³/mol. The summed E-state index contributed by atoms with van der Waals surface area (Å²) in [5, 5.41) is 0. The summed E-state index contributed by atoms with van der Waals surface area (Å²) in [5.74, 6) is 0. The van der Waals surface area contributed by atoms with Crippen LogP contribution in [0.5, 0.6) is 0 Å². The van der Waals surface area contributed by atoms with E-state index in [4.69, 9.17) is 0 Å². The van der Waals surface area contributed by atoms with Crippen LogP contribution in [0, 0.1) is 0 Å². The lowest BCUT2D eigenvalue weighted by Gasteiger charge is -2.01. The first-order chi connectivity index (χ1) is 7.35. The Balaban J connectivity index is 3.31. The van der Waals surface area contributed by atoms with Crippen LogP contribution in [0.4, 0.5) is 0 Å². The van der Waals surface area contributed by atoms with E-state index in [9.17, 15) is 0 Å². The SMILES string of the molecule is C=CCC/C=C/CCCC/C(=C/C)CC. The molecule has 0 bridgehead atoms. The van der Waals surface area contributed by atoms with E-state index >= 15 is 0 Å². The van der Waals surface area contributed by atoms with Crippen LogP contribution >= 0.6 is 0 Å². The van der Waals surface area contributed by atoms with Crippen molar-refractivity contribution in [1.82, 2.24) is 0 Å². The maximum atomic E-state index is 3.71. The molecule has 0 atom stereocenters. The molecule has 0 saturated carbocycles. The third-order valence-corrected chi connectivity index (χ3v) is 2.69. The van der Waals surface area contributed by atoms with Gasteiger partial charge in [-0.3, -0.25) is 0 Å². The maximum Gasteiger partial charge on any atom is -0.0316 e. The highest BCUT2D eigenvalue weighted by atomic mass is 14.0. The number of hydrogen-bond acceptors (Lipinski definition) is 0. The Morgan fingerprint density at radius 1 is 1.07 bits per heavy atom. The minimum atomic E-state index is 1.11. The van der Waals surface area contributed by atoms with Crippen LogP contribution < -0.4 is 0 Å². The van der Waals surface area contributed by atoms with Crippen molar-refractivity contribution in [3.05, 3.63) is 36.5 Å². The summed E-state index contributed by atoms with van der Waals surface area (Å²) in [6.07, 6.45) is 17.5. The molecule has 86 valence electrons. The van der Waals surface area contributed by atoms with E-state index in [0.29, 0.717) is 0 Å². The van der Waals surface area contributed by atoms with E-state index in [1.54, 1.807) is 5.57 Å². The molecule has 0 nitrogen and oxygen atoms in total. The van der Waals surface area contributed by atoms with Gasteiger partial charge in [-0.05, 0) is 51.9 Å². The lowest BCUT2D eigenvalue weighted by Crippen LogP contribution is -1.81. The van der Waals surface area contributed by atoms with Crippen LogP contribution in [0.2, 0.25) is 0 Å². The molecule has 0 heterocycles. The Morgan fingerprint density at radius 3 is 2.40 bits per heavy atom. The molecule has 0 rings (SSSR count). The summed E-state index contributed by atoms with van der Waals surface area (Å²) in [6.45, 7) is 8.09. The van der Waals surface area contributed by atoms with Crippen molar-refractivity contribution < 1.29 is 0 Å². The van der Waals surface area contributed by atoms with Gasteiger partial charge in [0.15, 0.2) is 0 Å². The molecule has 0 aromatic heterocycles. The fraction of sp³-hybridized carbons (Fsp3) is 0.600. The standard InChI is InChI=1S/C15H26/c1-4-7-8-9-10-11-12-13-14-15(5-2)6-3/h4-5,9-10H,1,6-8,11-14H2,2-3H3/b10-9+,15-5+. The highest BCUT2D eigenvalue weighted by molar-refractivity contribution is 4.98. The fourth-order valence-electron chi connectivity index (χ4n) is 1.59. The third-order valence-electron chi connectivity index (χ3n) is 2.69. The summed E-state index contributed by atoms with van der Waals surface area (Å²) in [7, 11) is 0. The lowest BCUT2D eigenvalue weighted by molar-refractivity contribution is 0.725. The first-order valence-corrected chi connectivity index (χ1v) is 6.25. The fourth-order valence-corrected chi connectivity index (χ4v) is 1.59. The molecule has 0 spiro atoms. The highest BCUT2D eigenvalue weighted by Crippen LogP contribution is 2.12. The third kappa shape index (κ3) is 9.52. The maximum absolute atomic E-state index is 3.71. The van der Waals surface area contributed by atoms with Gasteiger partial charge in [-0.25, -0.2) is 0 Å². The summed E-state index contributed by atoms with van der Waals surface area (Å²) < 4.78 is 0. The van der Waals surface area contributed by atoms with Gasteiger partial charge in [0.05, 0.1) is 0 Å². The summed E-state index contributed by atoms with van der Waals surface area (Å²) in [4.78, 5) is 0. The Bertz CT molecular complexity index is 196. The van der Waals surface area contributed by atoms with Crippen LogP contribution in [0.3, 0.4) is 0 Å². The van der Waals surface area contributed by atoms with E-state index < -0.39 is 0 Å². The van der Waals surface area contributed by atoms with E-state index in [0.717, 1.165) is 12.8 Å². The van der Waals surface area contributed by atoms with Crippen LogP contribution in [-0.4, -0.2) is 0 Å². The molecule has 0 fully saturated rings. The summed E-state index contributed by atoms with van der Waals surface area (Å²) in [5.41, 5.74) is 1.60. The smallest absolute Gasteiger partial charge is 0.0316 e. The van der Waals surface area contributed by atoms with E-state index in [1.807, 2.05) is 6.08 Å². The molecule has 15 heavy (non-hydrogen) atoms. The molecule has 0 radical (unpaired) electrons. The molecular weight excluding hydrogens is 180 g/mol. The van der Waals surface area contributed by atoms with Crippen molar-refractivity contribution in [3.8, 4) is 0 Å². The molecular formula is C15H26. The second-order valence-electron chi connectivity index (χ2n) is 3.88. The first-order valence-electron chi connectivity index (χ1n) is 6.25. The number of unbranched alkanes of at least 4 members (excludes halogenated alkanes) is 3. The van der Waals surface area contributed by atoms with Gasteiger partial charge in [-0.2, -0.15) is 0 Å². The minimum Gasteiger partial charge on any atom is -0.103 e. The quantitative estimate of drug-likeness (QED) is 0.349. The zero-order valence-corrected chi connectivity index (χ0v) is 10.5. The number of hydrogen-bond donors (Lipinski definition) is 0. The van der Waals surface area contributed by atoms with Gasteiger partial charge in [-0.15, -0.1) is 6.58 Å². The van der Waals surface area contributed by atoms with Crippen LogP contribution in [0.1, 0.15) is 58.8 Å². The normalized spacial score (nSPS) is 12.3. The molecule has 0 aromatic rings. The van der Waals surface area contributed by atoms with Crippen molar-refractivity contribution in [3.63, 3.8) is 0 Å². The van der Waals surface area contributed by atoms with Gasteiger partial charge in [0.1, 0.15) is 0 Å². The van der Waals surface area contributed by atoms with Crippen molar-refractivity contribution in [2.24, 2.45) is 0 Å². The van der Waals surface area contributed by atoms with E-state index in [2.05, 4.69) is 38.7 Å². The van der Waals surface area contributed by atoms with Crippen molar-refractivity contribution in [1.29, 1.82) is 0 Å².